The molecule has 0 saturated carbocycles. The normalized spacial score (nSPS) is 14.6. The zero-order valence-corrected chi connectivity index (χ0v) is 22.5. The molecule has 4 heterocycles. The molecular weight excluding hydrogens is 529 g/mol. The summed E-state index contributed by atoms with van der Waals surface area (Å²) in [4.78, 5) is 24.6. The van der Waals surface area contributed by atoms with Crippen LogP contribution in [0.4, 0.5) is 10.6 Å². The second-order valence-electron chi connectivity index (χ2n) is 8.82. The second kappa shape index (κ2) is 11.0. The van der Waals surface area contributed by atoms with E-state index in [9.17, 15) is 4.79 Å². The van der Waals surface area contributed by atoms with Crippen molar-refractivity contribution in [2.24, 2.45) is 5.73 Å². The molecule has 1 aliphatic heterocycles. The fourth-order valence-corrected chi connectivity index (χ4v) is 4.94. The fourth-order valence-electron chi connectivity index (χ4n) is 4.38. The number of rotatable bonds is 6. The Morgan fingerprint density at radius 1 is 1.13 bits per heavy atom. The highest BCUT2D eigenvalue weighted by atomic mass is 35.5. The SMILES string of the molecule is CCOC(=O)N1CCN(c2ccc(-c3n[nH]c4ccc(O[C@H](N)c5c(Cl)cnc(C)c5Cl)cc34)cn2)CC1. The average molecular weight is 556 g/mol. The number of amides is 1. The summed E-state index contributed by atoms with van der Waals surface area (Å²) in [5.41, 5.74) is 9.84. The van der Waals surface area contributed by atoms with Gasteiger partial charge in [0.25, 0.3) is 0 Å². The Bertz CT molecular complexity index is 1450. The first-order valence-electron chi connectivity index (χ1n) is 12.2. The van der Waals surface area contributed by atoms with E-state index in [1.807, 2.05) is 24.3 Å². The molecule has 4 aromatic rings. The van der Waals surface area contributed by atoms with Crippen LogP contribution >= 0.6 is 23.2 Å². The van der Waals surface area contributed by atoms with E-state index in [4.69, 9.17) is 38.4 Å². The van der Waals surface area contributed by atoms with Gasteiger partial charge < -0.3 is 19.3 Å². The molecule has 38 heavy (non-hydrogen) atoms. The minimum absolute atomic E-state index is 0.271. The third-order valence-electron chi connectivity index (χ3n) is 6.42. The van der Waals surface area contributed by atoms with Crippen LogP contribution < -0.4 is 15.4 Å². The third kappa shape index (κ3) is 5.20. The van der Waals surface area contributed by atoms with E-state index in [-0.39, 0.29) is 6.09 Å². The number of aromatic amines is 1. The first-order chi connectivity index (χ1) is 18.4. The molecule has 12 heteroatoms. The number of H-pyrrole nitrogens is 1. The number of piperazine rings is 1. The van der Waals surface area contributed by atoms with Gasteiger partial charge in [-0.25, -0.2) is 9.78 Å². The first kappa shape index (κ1) is 26.0. The maximum atomic E-state index is 12.0. The van der Waals surface area contributed by atoms with Crippen molar-refractivity contribution in [3.63, 3.8) is 0 Å². The van der Waals surface area contributed by atoms with Gasteiger partial charge >= 0.3 is 6.09 Å². The van der Waals surface area contributed by atoms with Crippen molar-refractivity contribution in [3.05, 3.63) is 64.0 Å². The molecule has 1 saturated heterocycles. The van der Waals surface area contributed by atoms with Crippen LogP contribution in [0.5, 0.6) is 5.75 Å². The molecule has 0 spiro atoms. The molecule has 0 unspecified atom stereocenters. The van der Waals surface area contributed by atoms with Crippen molar-refractivity contribution in [2.45, 2.75) is 20.1 Å². The lowest BCUT2D eigenvalue weighted by molar-refractivity contribution is 0.105. The molecule has 3 aromatic heterocycles. The van der Waals surface area contributed by atoms with Gasteiger partial charge in [0.15, 0.2) is 6.23 Å². The van der Waals surface area contributed by atoms with Crippen molar-refractivity contribution < 1.29 is 14.3 Å². The van der Waals surface area contributed by atoms with Gasteiger partial charge in [-0.3, -0.25) is 15.8 Å². The van der Waals surface area contributed by atoms with Crippen LogP contribution in [0.1, 0.15) is 24.4 Å². The van der Waals surface area contributed by atoms with Gasteiger partial charge in [-0.15, -0.1) is 0 Å². The molecule has 1 fully saturated rings. The quantitative estimate of drug-likeness (QED) is 0.320. The molecule has 0 aliphatic carbocycles. The maximum absolute atomic E-state index is 12.0. The molecular formula is C26H27Cl2N7O3. The third-order valence-corrected chi connectivity index (χ3v) is 7.19. The van der Waals surface area contributed by atoms with Crippen LogP contribution in [0.2, 0.25) is 10.0 Å². The van der Waals surface area contributed by atoms with Gasteiger partial charge in [-0.2, -0.15) is 5.10 Å². The predicted octanol–water partition coefficient (Wildman–Crippen LogP) is 4.95. The second-order valence-corrected chi connectivity index (χ2v) is 9.60. The van der Waals surface area contributed by atoms with Crippen LogP contribution in [-0.2, 0) is 4.74 Å². The number of hydrogen-bond acceptors (Lipinski definition) is 8. The summed E-state index contributed by atoms with van der Waals surface area (Å²) < 4.78 is 11.1. The highest BCUT2D eigenvalue weighted by Crippen LogP contribution is 2.34. The van der Waals surface area contributed by atoms with Gasteiger partial charge in [0.1, 0.15) is 17.3 Å². The summed E-state index contributed by atoms with van der Waals surface area (Å²) in [6.07, 6.45) is 2.15. The number of fused-ring (bicyclic) bond motifs is 1. The van der Waals surface area contributed by atoms with E-state index in [2.05, 4.69) is 25.1 Å². The number of aromatic nitrogens is 4. The highest BCUT2D eigenvalue weighted by molar-refractivity contribution is 6.36. The Kier molecular flexibility index (Phi) is 7.55. The summed E-state index contributed by atoms with van der Waals surface area (Å²) in [5, 5.41) is 9.13. The zero-order valence-electron chi connectivity index (χ0n) is 20.9. The first-order valence-corrected chi connectivity index (χ1v) is 12.9. The minimum Gasteiger partial charge on any atom is -0.471 e. The number of anilines is 1. The number of hydrogen-bond donors (Lipinski definition) is 2. The lowest BCUT2D eigenvalue weighted by Gasteiger charge is -2.34. The summed E-state index contributed by atoms with van der Waals surface area (Å²) in [6.45, 7) is 6.50. The summed E-state index contributed by atoms with van der Waals surface area (Å²) in [5.74, 6) is 1.38. The molecule has 1 amide bonds. The molecule has 198 valence electrons. The zero-order chi connectivity index (χ0) is 26.8. The van der Waals surface area contributed by atoms with E-state index in [0.717, 1.165) is 28.0 Å². The number of carbonyl (C=O) groups is 1. The molecule has 0 bridgehead atoms. The summed E-state index contributed by atoms with van der Waals surface area (Å²) >= 11 is 12.7. The number of nitrogens with zero attached hydrogens (tertiary/aromatic N) is 5. The molecule has 1 aliphatic rings. The Balaban J connectivity index is 1.32. The van der Waals surface area contributed by atoms with Crippen LogP contribution in [-0.4, -0.2) is 63.9 Å². The molecule has 10 nitrogen and oxygen atoms in total. The molecule has 1 aromatic carbocycles. The number of nitrogens with one attached hydrogen (secondary N) is 1. The lowest BCUT2D eigenvalue weighted by Crippen LogP contribution is -2.49. The van der Waals surface area contributed by atoms with Crippen molar-refractivity contribution in [1.29, 1.82) is 0 Å². The van der Waals surface area contributed by atoms with Gasteiger partial charge in [0.05, 0.1) is 27.9 Å². The van der Waals surface area contributed by atoms with Crippen molar-refractivity contribution >= 4 is 46.0 Å². The topological polar surface area (TPSA) is 122 Å². The van der Waals surface area contributed by atoms with Crippen LogP contribution in [0, 0.1) is 6.92 Å². The van der Waals surface area contributed by atoms with E-state index >= 15 is 0 Å². The average Bonchev–Trinajstić information content (AvgIpc) is 3.35. The highest BCUT2D eigenvalue weighted by Gasteiger charge is 2.23. The van der Waals surface area contributed by atoms with Crippen molar-refractivity contribution in [2.75, 3.05) is 37.7 Å². The lowest BCUT2D eigenvalue weighted by atomic mass is 10.1. The number of pyridine rings is 2. The number of halogens is 2. The molecule has 1 atom stereocenters. The van der Waals surface area contributed by atoms with Gasteiger partial charge in [0, 0.05) is 55.1 Å². The van der Waals surface area contributed by atoms with Crippen molar-refractivity contribution in [1.82, 2.24) is 25.1 Å². The summed E-state index contributed by atoms with van der Waals surface area (Å²) in [6, 6.07) is 9.49. The Labute approximate surface area is 229 Å². The fraction of sp³-hybridized carbons (Fsp3) is 0.308. The van der Waals surface area contributed by atoms with E-state index in [1.54, 1.807) is 31.0 Å². The largest absolute Gasteiger partial charge is 0.471 e. The monoisotopic (exact) mass is 555 g/mol. The minimum atomic E-state index is -0.880. The smallest absolute Gasteiger partial charge is 0.409 e. The van der Waals surface area contributed by atoms with Crippen LogP contribution in [0.25, 0.3) is 22.2 Å². The standard InChI is InChI=1S/C26H27Cl2N7O3/c1-3-37-26(36)35-10-8-34(9-11-35)21-7-4-16(13-31-21)24-18-12-17(5-6-20(18)32-33-24)38-25(29)22-19(27)14-30-15(2)23(22)28/h4-7,12-14,25H,3,8-11,29H2,1-2H3,(H,32,33)/t25-/m0/s1. The Hall–Kier alpha value is -3.60. The maximum Gasteiger partial charge on any atom is 0.409 e. The van der Waals surface area contributed by atoms with E-state index in [1.165, 1.54) is 6.20 Å². The number of aryl methyl sites for hydroxylation is 1. The summed E-state index contributed by atoms with van der Waals surface area (Å²) in [7, 11) is 0. The number of nitrogens with two attached hydrogens (primary N) is 1. The van der Waals surface area contributed by atoms with Gasteiger partial charge in [0.2, 0.25) is 0 Å². The van der Waals surface area contributed by atoms with Crippen molar-refractivity contribution in [3.8, 4) is 17.0 Å². The van der Waals surface area contributed by atoms with E-state index < -0.39 is 6.23 Å². The predicted molar refractivity (Wildman–Crippen MR) is 147 cm³/mol. The van der Waals surface area contributed by atoms with Crippen LogP contribution in [0.15, 0.2) is 42.7 Å². The van der Waals surface area contributed by atoms with Gasteiger partial charge in [-0.1, -0.05) is 23.2 Å². The number of carbonyl (C=O) groups excluding carboxylic acids is 1. The number of benzene rings is 1. The molecule has 5 rings (SSSR count). The Morgan fingerprint density at radius 2 is 1.92 bits per heavy atom. The van der Waals surface area contributed by atoms with Gasteiger partial charge in [-0.05, 0) is 44.2 Å². The van der Waals surface area contributed by atoms with E-state index in [0.29, 0.717) is 59.8 Å². The Morgan fingerprint density at radius 3 is 2.63 bits per heavy atom. The van der Waals surface area contributed by atoms with Crippen LogP contribution in [0.3, 0.4) is 0 Å². The molecule has 3 N–H and O–H groups in total. The number of ether oxygens (including phenoxy) is 2. The molecule has 0 radical (unpaired) electrons.